The number of anilines is 1. The van der Waals surface area contributed by atoms with Gasteiger partial charge in [-0.2, -0.15) is 26.3 Å². The first-order chi connectivity index (χ1) is 24.1. The summed E-state index contributed by atoms with van der Waals surface area (Å²) in [4.78, 5) is 60.4. The lowest BCUT2D eigenvalue weighted by atomic mass is 10.0. The summed E-state index contributed by atoms with van der Waals surface area (Å²) in [6, 6.07) is 14.8. The number of nitrogens with one attached hydrogen (secondary N) is 2. The van der Waals surface area contributed by atoms with Gasteiger partial charge in [-0.3, -0.25) is 19.8 Å². The number of nitrogens with zero attached hydrogens (tertiary/aromatic N) is 1. The lowest BCUT2D eigenvalue weighted by molar-refractivity contribution is -0.193. The molecule has 0 bridgehead atoms. The van der Waals surface area contributed by atoms with Gasteiger partial charge in [0.1, 0.15) is 11.9 Å². The maximum Gasteiger partial charge on any atom is 0.490 e. The number of carbonyl (C=O) groups excluding carboxylic acids is 3. The Labute approximate surface area is 295 Å². The van der Waals surface area contributed by atoms with E-state index < -0.39 is 30.3 Å². The number of ether oxygens (including phenoxy) is 1. The molecule has 0 radical (unpaired) electrons. The van der Waals surface area contributed by atoms with Gasteiger partial charge in [0.25, 0.3) is 5.91 Å². The summed E-state index contributed by atoms with van der Waals surface area (Å²) in [5.41, 5.74) is 14.7. The van der Waals surface area contributed by atoms with Crippen LogP contribution in [-0.4, -0.2) is 82.2 Å². The van der Waals surface area contributed by atoms with E-state index >= 15 is 0 Å². The van der Waals surface area contributed by atoms with Gasteiger partial charge < -0.3 is 36.6 Å². The highest BCUT2D eigenvalue weighted by atomic mass is 32.1. The van der Waals surface area contributed by atoms with Crippen molar-refractivity contribution >= 4 is 52.6 Å². The number of benzene rings is 2. The molecule has 2 heterocycles. The van der Waals surface area contributed by atoms with Gasteiger partial charge in [0.2, 0.25) is 5.91 Å². The highest BCUT2D eigenvalue weighted by molar-refractivity contribution is 7.12. The largest absolute Gasteiger partial charge is 0.490 e. The molecule has 1 aliphatic rings. The first-order valence-corrected chi connectivity index (χ1v) is 15.7. The summed E-state index contributed by atoms with van der Waals surface area (Å²) in [6.45, 7) is 3.05. The van der Waals surface area contributed by atoms with Gasteiger partial charge in [-0.15, -0.1) is 11.3 Å². The summed E-state index contributed by atoms with van der Waals surface area (Å²) in [5.74, 6) is -6.43. The molecule has 0 fully saturated rings. The average molecular weight is 762 g/mol. The number of hydrogen-bond donors (Lipinski definition) is 6. The SMILES string of the molecule is CCOC(=O)Cc1cc2c(s1)CCN(C(=O)[C@H](Cc1ccc(N)cc1)NC(=O)c1ccc(C(=N)N)cc1)C2.O=C(O)C(F)(F)F.O=C(O)C(F)(F)F. The molecule has 0 spiro atoms. The van der Waals surface area contributed by atoms with Gasteiger partial charge in [0.05, 0.1) is 13.0 Å². The quantitative estimate of drug-likeness (QED) is 0.0606. The normalized spacial score (nSPS) is 12.8. The van der Waals surface area contributed by atoms with Crippen molar-refractivity contribution in [2.45, 2.75) is 51.1 Å². The van der Waals surface area contributed by atoms with E-state index in [9.17, 15) is 40.7 Å². The predicted octanol–water partition coefficient (Wildman–Crippen LogP) is 3.91. The van der Waals surface area contributed by atoms with E-state index in [-0.39, 0.29) is 30.0 Å². The van der Waals surface area contributed by atoms with E-state index in [1.165, 1.54) is 0 Å². The number of carbonyl (C=O) groups is 5. The van der Waals surface area contributed by atoms with Crippen molar-refractivity contribution < 1.29 is 65.3 Å². The number of alkyl halides is 6. The van der Waals surface area contributed by atoms with Crippen LogP contribution in [0.2, 0.25) is 0 Å². The first-order valence-electron chi connectivity index (χ1n) is 14.9. The monoisotopic (exact) mass is 761 g/mol. The molecule has 1 aromatic heterocycles. The zero-order valence-electron chi connectivity index (χ0n) is 27.1. The third kappa shape index (κ3) is 13.6. The maximum absolute atomic E-state index is 13.7. The Morgan fingerprint density at radius 3 is 1.94 bits per heavy atom. The van der Waals surface area contributed by atoms with Crippen LogP contribution >= 0.6 is 11.3 Å². The number of hydrogen-bond acceptors (Lipinski definition) is 9. The number of aliphatic carboxylic acids is 2. The first kappa shape index (κ1) is 42.5. The van der Waals surface area contributed by atoms with Crippen LogP contribution in [0.15, 0.2) is 54.6 Å². The fraction of sp³-hybridized carbons (Fsp3) is 0.312. The molecule has 52 heavy (non-hydrogen) atoms. The number of thiophene rings is 1. The molecule has 20 heteroatoms. The van der Waals surface area contributed by atoms with Crippen LogP contribution in [0.25, 0.3) is 0 Å². The molecule has 2 amide bonds. The summed E-state index contributed by atoms with van der Waals surface area (Å²) >= 11 is 1.58. The molecule has 0 saturated heterocycles. The average Bonchev–Trinajstić information content (AvgIpc) is 3.46. The second-order valence-corrected chi connectivity index (χ2v) is 11.9. The molecule has 0 unspecified atom stereocenters. The number of nitrogen functional groups attached to an aromatic ring is 2. The summed E-state index contributed by atoms with van der Waals surface area (Å²) in [6.07, 6.45) is -8.96. The van der Waals surface area contributed by atoms with Crippen LogP contribution in [0.4, 0.5) is 32.0 Å². The van der Waals surface area contributed by atoms with Crippen LogP contribution in [0, 0.1) is 5.41 Å². The number of nitrogens with two attached hydrogens (primary N) is 2. The van der Waals surface area contributed by atoms with Crippen molar-refractivity contribution in [3.63, 3.8) is 0 Å². The Morgan fingerprint density at radius 2 is 1.46 bits per heavy atom. The second kappa shape index (κ2) is 18.5. The van der Waals surface area contributed by atoms with Crippen molar-refractivity contribution in [1.29, 1.82) is 5.41 Å². The molecule has 4 rings (SSSR count). The fourth-order valence-corrected chi connectivity index (χ4v) is 5.53. The number of rotatable bonds is 9. The van der Waals surface area contributed by atoms with Crippen LogP contribution < -0.4 is 16.8 Å². The number of amidine groups is 1. The fourth-order valence-electron chi connectivity index (χ4n) is 4.38. The molecule has 2 aromatic carbocycles. The molecule has 1 atom stereocenters. The van der Waals surface area contributed by atoms with Crippen molar-refractivity contribution in [3.05, 3.63) is 86.6 Å². The third-order valence-electron chi connectivity index (χ3n) is 6.82. The Morgan fingerprint density at radius 1 is 0.942 bits per heavy atom. The molecular formula is C32H33F6N5O8S. The summed E-state index contributed by atoms with van der Waals surface area (Å²) in [5, 5.41) is 24.7. The smallest absolute Gasteiger partial charge is 0.475 e. The molecule has 13 nitrogen and oxygen atoms in total. The van der Waals surface area contributed by atoms with E-state index in [1.807, 2.05) is 18.2 Å². The minimum Gasteiger partial charge on any atom is -0.475 e. The summed E-state index contributed by atoms with van der Waals surface area (Å²) < 4.78 is 68.5. The number of esters is 1. The minimum atomic E-state index is -5.08. The van der Waals surface area contributed by atoms with Crippen molar-refractivity contribution in [1.82, 2.24) is 10.2 Å². The molecule has 1 aliphatic heterocycles. The number of fused-ring (bicyclic) bond motifs is 1. The van der Waals surface area contributed by atoms with Gasteiger partial charge >= 0.3 is 30.3 Å². The molecule has 3 aromatic rings. The minimum absolute atomic E-state index is 0.0864. The third-order valence-corrected chi connectivity index (χ3v) is 8.06. The van der Waals surface area contributed by atoms with Gasteiger partial charge in [0.15, 0.2) is 0 Å². The second-order valence-electron chi connectivity index (χ2n) is 10.7. The lowest BCUT2D eigenvalue weighted by Crippen LogP contribution is -2.50. The van der Waals surface area contributed by atoms with Crippen molar-refractivity contribution in [2.75, 3.05) is 18.9 Å². The standard InChI is InChI=1S/C28H31N5O4S.2C2HF3O2/c1-2-37-25(34)15-22-14-20-16-33(12-11-24(20)38-22)28(36)23(13-17-3-9-21(29)10-4-17)32-27(35)19-7-5-18(6-8-19)26(30)31;2*3-2(4,5)1(6)7/h3-10,14,23H,2,11-13,15-16,29H2,1H3,(H3,30,31)(H,32,35);2*(H,6,7)/t23-;;/m0../s1. The van der Waals surface area contributed by atoms with E-state index in [2.05, 4.69) is 5.32 Å². The number of amides is 2. The summed E-state index contributed by atoms with van der Waals surface area (Å²) in [7, 11) is 0. The number of carboxylic acid groups (broad SMARTS) is 2. The van der Waals surface area contributed by atoms with E-state index in [0.29, 0.717) is 49.4 Å². The molecular weight excluding hydrogens is 728 g/mol. The van der Waals surface area contributed by atoms with Crippen LogP contribution in [0.3, 0.4) is 0 Å². The molecule has 282 valence electrons. The van der Waals surface area contributed by atoms with Crippen molar-refractivity contribution in [3.8, 4) is 0 Å². The maximum atomic E-state index is 13.7. The molecule has 0 aliphatic carbocycles. The lowest BCUT2D eigenvalue weighted by Gasteiger charge is -2.31. The molecule has 0 saturated carbocycles. The Balaban J connectivity index is 0.000000564. The van der Waals surface area contributed by atoms with Gasteiger partial charge in [0, 0.05) is 46.1 Å². The zero-order chi connectivity index (χ0) is 39.4. The van der Waals surface area contributed by atoms with Gasteiger partial charge in [-0.25, -0.2) is 9.59 Å². The van der Waals surface area contributed by atoms with Crippen LogP contribution in [0.5, 0.6) is 0 Å². The number of carboxylic acids is 2. The Bertz CT molecular complexity index is 1720. The highest BCUT2D eigenvalue weighted by Crippen LogP contribution is 2.29. The number of halogens is 6. The zero-order valence-corrected chi connectivity index (χ0v) is 28.0. The van der Waals surface area contributed by atoms with Gasteiger partial charge in [-0.05, 0) is 54.8 Å². The molecule has 8 N–H and O–H groups in total. The van der Waals surface area contributed by atoms with Crippen molar-refractivity contribution in [2.24, 2.45) is 5.73 Å². The van der Waals surface area contributed by atoms with E-state index in [0.717, 1.165) is 20.9 Å². The predicted molar refractivity (Wildman–Crippen MR) is 174 cm³/mol. The Hall–Kier alpha value is -5.66. The Kier molecular flexibility index (Phi) is 15.2. The van der Waals surface area contributed by atoms with Gasteiger partial charge in [-0.1, -0.05) is 24.3 Å². The topological polar surface area (TPSA) is 226 Å². The van der Waals surface area contributed by atoms with E-state index in [4.69, 9.17) is 41.4 Å². The van der Waals surface area contributed by atoms with E-state index in [1.54, 1.807) is 59.6 Å². The highest BCUT2D eigenvalue weighted by Gasteiger charge is 2.39. The van der Waals surface area contributed by atoms with Crippen LogP contribution in [0.1, 0.15) is 43.7 Å². The van der Waals surface area contributed by atoms with Crippen LogP contribution in [-0.2, 0) is 49.7 Å².